The highest BCUT2D eigenvalue weighted by molar-refractivity contribution is 5.40. The van der Waals surface area contributed by atoms with Gasteiger partial charge in [0.15, 0.2) is 0 Å². The van der Waals surface area contributed by atoms with Crippen molar-refractivity contribution in [1.82, 2.24) is 4.98 Å². The van der Waals surface area contributed by atoms with Crippen LogP contribution in [0.15, 0.2) is 12.3 Å². The van der Waals surface area contributed by atoms with Crippen LogP contribution in [-0.4, -0.2) is 25.3 Å². The standard InChI is InChI=1S/C12H14N2O2/c1-15-12-10(7-13)6-11(8-14-12)9-2-4-16-5-3-9/h6,8-9H,2-5H2,1H3. The minimum atomic E-state index is 0.401. The van der Waals surface area contributed by atoms with E-state index in [1.807, 2.05) is 6.07 Å². The largest absolute Gasteiger partial charge is 0.480 e. The fourth-order valence-electron chi connectivity index (χ4n) is 1.97. The summed E-state index contributed by atoms with van der Waals surface area (Å²) in [7, 11) is 1.53. The first-order chi connectivity index (χ1) is 7.85. The molecule has 4 heteroatoms. The number of rotatable bonds is 2. The first-order valence-corrected chi connectivity index (χ1v) is 5.37. The number of hydrogen-bond donors (Lipinski definition) is 0. The maximum absolute atomic E-state index is 8.98. The van der Waals surface area contributed by atoms with E-state index in [2.05, 4.69) is 11.1 Å². The fourth-order valence-corrected chi connectivity index (χ4v) is 1.97. The van der Waals surface area contributed by atoms with Crippen molar-refractivity contribution in [2.24, 2.45) is 0 Å². The van der Waals surface area contributed by atoms with E-state index in [0.717, 1.165) is 31.6 Å². The molecule has 2 rings (SSSR count). The number of nitriles is 1. The zero-order valence-corrected chi connectivity index (χ0v) is 9.27. The molecule has 0 bridgehead atoms. The van der Waals surface area contributed by atoms with Gasteiger partial charge >= 0.3 is 0 Å². The van der Waals surface area contributed by atoms with Crippen LogP contribution in [0, 0.1) is 11.3 Å². The summed E-state index contributed by atoms with van der Waals surface area (Å²) in [4.78, 5) is 4.16. The summed E-state index contributed by atoms with van der Waals surface area (Å²) >= 11 is 0. The van der Waals surface area contributed by atoms with Crippen molar-refractivity contribution in [3.63, 3.8) is 0 Å². The third kappa shape index (κ3) is 2.15. The van der Waals surface area contributed by atoms with Crippen LogP contribution in [-0.2, 0) is 4.74 Å². The van der Waals surface area contributed by atoms with Crippen molar-refractivity contribution < 1.29 is 9.47 Å². The van der Waals surface area contributed by atoms with Gasteiger partial charge in [-0.25, -0.2) is 4.98 Å². The molecule has 84 valence electrons. The summed E-state index contributed by atoms with van der Waals surface area (Å²) < 4.78 is 10.3. The van der Waals surface area contributed by atoms with Crippen molar-refractivity contribution in [2.75, 3.05) is 20.3 Å². The number of hydrogen-bond acceptors (Lipinski definition) is 4. The molecule has 16 heavy (non-hydrogen) atoms. The zero-order chi connectivity index (χ0) is 11.4. The molecule has 0 spiro atoms. The normalized spacial score (nSPS) is 16.8. The molecule has 0 aliphatic carbocycles. The quantitative estimate of drug-likeness (QED) is 0.760. The smallest absolute Gasteiger partial charge is 0.231 e. The Morgan fingerprint density at radius 3 is 2.88 bits per heavy atom. The third-order valence-corrected chi connectivity index (χ3v) is 2.88. The molecule has 0 radical (unpaired) electrons. The van der Waals surface area contributed by atoms with Crippen LogP contribution in [0.4, 0.5) is 0 Å². The number of methoxy groups -OCH3 is 1. The summed E-state index contributed by atoms with van der Waals surface area (Å²) in [5.74, 6) is 0.859. The highest BCUT2D eigenvalue weighted by atomic mass is 16.5. The van der Waals surface area contributed by atoms with Crippen molar-refractivity contribution >= 4 is 0 Å². The van der Waals surface area contributed by atoms with Gasteiger partial charge < -0.3 is 9.47 Å². The number of nitrogens with zero attached hydrogens (tertiary/aromatic N) is 2. The van der Waals surface area contributed by atoms with Crippen LogP contribution in [0.2, 0.25) is 0 Å². The van der Waals surface area contributed by atoms with E-state index in [-0.39, 0.29) is 0 Å². The van der Waals surface area contributed by atoms with Gasteiger partial charge in [-0.2, -0.15) is 5.26 Å². The van der Waals surface area contributed by atoms with E-state index in [1.165, 1.54) is 7.11 Å². The second-order valence-electron chi connectivity index (χ2n) is 3.82. The summed E-state index contributed by atoms with van der Waals surface area (Å²) in [6.07, 6.45) is 3.80. The maximum Gasteiger partial charge on any atom is 0.231 e. The molecule has 1 fully saturated rings. The van der Waals surface area contributed by atoms with E-state index < -0.39 is 0 Å². The topological polar surface area (TPSA) is 55.1 Å². The van der Waals surface area contributed by atoms with Gasteiger partial charge in [0.25, 0.3) is 0 Å². The Labute approximate surface area is 94.8 Å². The molecule has 0 aromatic carbocycles. The molecule has 1 aromatic rings. The fraction of sp³-hybridized carbons (Fsp3) is 0.500. The Kier molecular flexibility index (Phi) is 3.37. The van der Waals surface area contributed by atoms with Crippen molar-refractivity contribution in [3.05, 3.63) is 23.4 Å². The lowest BCUT2D eigenvalue weighted by Crippen LogP contribution is -2.14. The number of aromatic nitrogens is 1. The van der Waals surface area contributed by atoms with Gasteiger partial charge in [-0.3, -0.25) is 0 Å². The summed E-state index contributed by atoms with van der Waals surface area (Å²) in [5.41, 5.74) is 1.62. The van der Waals surface area contributed by atoms with Gasteiger partial charge in [0, 0.05) is 19.4 Å². The molecule has 1 saturated heterocycles. The average Bonchev–Trinajstić information content (AvgIpc) is 2.39. The van der Waals surface area contributed by atoms with E-state index >= 15 is 0 Å². The summed E-state index contributed by atoms with van der Waals surface area (Å²) in [5, 5.41) is 8.98. The third-order valence-electron chi connectivity index (χ3n) is 2.88. The molecule has 2 heterocycles. The number of pyridine rings is 1. The Bertz CT molecular complexity index is 406. The van der Waals surface area contributed by atoms with Crippen LogP contribution < -0.4 is 4.74 Å². The zero-order valence-electron chi connectivity index (χ0n) is 9.27. The van der Waals surface area contributed by atoms with Gasteiger partial charge in [0.2, 0.25) is 5.88 Å². The van der Waals surface area contributed by atoms with Gasteiger partial charge in [-0.1, -0.05) is 0 Å². The second-order valence-corrected chi connectivity index (χ2v) is 3.82. The Morgan fingerprint density at radius 1 is 1.50 bits per heavy atom. The van der Waals surface area contributed by atoms with E-state index in [0.29, 0.717) is 17.4 Å². The van der Waals surface area contributed by atoms with Crippen LogP contribution in [0.5, 0.6) is 5.88 Å². The van der Waals surface area contributed by atoms with E-state index in [1.54, 1.807) is 6.20 Å². The Morgan fingerprint density at radius 2 is 2.25 bits per heavy atom. The molecule has 0 N–H and O–H groups in total. The van der Waals surface area contributed by atoms with Crippen molar-refractivity contribution in [3.8, 4) is 11.9 Å². The number of ether oxygens (including phenoxy) is 2. The minimum Gasteiger partial charge on any atom is -0.480 e. The van der Waals surface area contributed by atoms with Crippen molar-refractivity contribution in [1.29, 1.82) is 5.26 Å². The van der Waals surface area contributed by atoms with Gasteiger partial charge in [-0.15, -0.1) is 0 Å². The molecule has 4 nitrogen and oxygen atoms in total. The Hall–Kier alpha value is -1.60. The Balaban J connectivity index is 2.25. The molecular formula is C12H14N2O2. The van der Waals surface area contributed by atoms with E-state index in [4.69, 9.17) is 14.7 Å². The van der Waals surface area contributed by atoms with Crippen LogP contribution in [0.1, 0.15) is 29.9 Å². The van der Waals surface area contributed by atoms with Crippen molar-refractivity contribution in [2.45, 2.75) is 18.8 Å². The highest BCUT2D eigenvalue weighted by Crippen LogP contribution is 2.28. The predicted octanol–water partition coefficient (Wildman–Crippen LogP) is 1.86. The second kappa shape index (κ2) is 4.95. The molecule has 1 aromatic heterocycles. The van der Waals surface area contributed by atoms with Crippen LogP contribution >= 0.6 is 0 Å². The van der Waals surface area contributed by atoms with Crippen LogP contribution in [0.3, 0.4) is 0 Å². The average molecular weight is 218 g/mol. The maximum atomic E-state index is 8.98. The monoisotopic (exact) mass is 218 g/mol. The highest BCUT2D eigenvalue weighted by Gasteiger charge is 2.17. The van der Waals surface area contributed by atoms with Crippen LogP contribution in [0.25, 0.3) is 0 Å². The first-order valence-electron chi connectivity index (χ1n) is 5.37. The lowest BCUT2D eigenvalue weighted by Gasteiger charge is -2.22. The summed E-state index contributed by atoms with van der Waals surface area (Å²) in [6.45, 7) is 1.58. The molecular weight excluding hydrogens is 204 g/mol. The predicted molar refractivity (Wildman–Crippen MR) is 58.3 cm³/mol. The molecule has 0 saturated carbocycles. The lowest BCUT2D eigenvalue weighted by molar-refractivity contribution is 0.0852. The van der Waals surface area contributed by atoms with Gasteiger partial charge in [0.05, 0.1) is 7.11 Å². The molecule has 0 atom stereocenters. The van der Waals surface area contributed by atoms with Gasteiger partial charge in [-0.05, 0) is 30.4 Å². The molecule has 0 unspecified atom stereocenters. The van der Waals surface area contributed by atoms with E-state index in [9.17, 15) is 0 Å². The minimum absolute atomic E-state index is 0.401. The molecule has 1 aliphatic rings. The SMILES string of the molecule is COc1ncc(C2CCOCC2)cc1C#N. The molecule has 1 aliphatic heterocycles. The van der Waals surface area contributed by atoms with Gasteiger partial charge in [0.1, 0.15) is 11.6 Å². The first kappa shape index (κ1) is 10.9. The lowest BCUT2D eigenvalue weighted by atomic mass is 9.92. The summed E-state index contributed by atoms with van der Waals surface area (Å²) in [6, 6.07) is 3.98. The molecule has 0 amide bonds.